The Morgan fingerprint density at radius 1 is 1.32 bits per heavy atom. The lowest BCUT2D eigenvalue weighted by molar-refractivity contribution is -0.124. The summed E-state index contributed by atoms with van der Waals surface area (Å²) >= 11 is 5.86. The number of amides is 1. The number of halogens is 1. The molecule has 25 heavy (non-hydrogen) atoms. The van der Waals surface area contributed by atoms with Crippen molar-refractivity contribution < 1.29 is 14.6 Å². The van der Waals surface area contributed by atoms with Gasteiger partial charge in [-0.05, 0) is 43.5 Å². The Bertz CT molecular complexity index is 561. The SMILES string of the molecule is O=C(NC1CCN(CCOc2ccc(Cl)cc2)CC1)[C@H]1C[C@@H](O)CN1. The summed E-state index contributed by atoms with van der Waals surface area (Å²) in [6, 6.07) is 7.36. The third kappa shape index (κ3) is 5.57. The number of piperidine rings is 1. The molecule has 2 fully saturated rings. The first-order chi connectivity index (χ1) is 12.1. The summed E-state index contributed by atoms with van der Waals surface area (Å²) < 4.78 is 5.73. The van der Waals surface area contributed by atoms with E-state index in [1.165, 1.54) is 0 Å². The van der Waals surface area contributed by atoms with Gasteiger partial charge in [0.05, 0.1) is 12.1 Å². The van der Waals surface area contributed by atoms with Crippen molar-refractivity contribution in [3.05, 3.63) is 29.3 Å². The number of hydrogen-bond acceptors (Lipinski definition) is 5. The molecule has 0 saturated carbocycles. The van der Waals surface area contributed by atoms with Gasteiger partial charge in [0.25, 0.3) is 0 Å². The lowest BCUT2D eigenvalue weighted by Crippen LogP contribution is -2.49. The van der Waals surface area contributed by atoms with Crippen LogP contribution in [-0.2, 0) is 4.79 Å². The van der Waals surface area contributed by atoms with E-state index in [0.717, 1.165) is 38.2 Å². The first-order valence-corrected chi connectivity index (χ1v) is 9.30. The second-order valence-corrected chi connectivity index (χ2v) is 7.21. The van der Waals surface area contributed by atoms with Crippen LogP contribution < -0.4 is 15.4 Å². The van der Waals surface area contributed by atoms with Gasteiger partial charge in [-0.1, -0.05) is 11.6 Å². The summed E-state index contributed by atoms with van der Waals surface area (Å²) in [6.45, 7) is 3.93. The number of carbonyl (C=O) groups is 1. The normalized spacial score (nSPS) is 25.0. The quantitative estimate of drug-likeness (QED) is 0.700. The third-order valence-corrected chi connectivity index (χ3v) is 5.10. The van der Waals surface area contributed by atoms with E-state index in [2.05, 4.69) is 15.5 Å². The van der Waals surface area contributed by atoms with Gasteiger partial charge in [0.2, 0.25) is 5.91 Å². The van der Waals surface area contributed by atoms with Crippen LogP contribution in [0, 0.1) is 0 Å². The maximum atomic E-state index is 12.2. The van der Waals surface area contributed by atoms with Crippen molar-refractivity contribution in [2.75, 3.05) is 32.8 Å². The van der Waals surface area contributed by atoms with Gasteiger partial charge < -0.3 is 20.5 Å². The molecule has 2 saturated heterocycles. The van der Waals surface area contributed by atoms with Crippen LogP contribution >= 0.6 is 11.6 Å². The van der Waals surface area contributed by atoms with E-state index in [4.69, 9.17) is 16.3 Å². The highest BCUT2D eigenvalue weighted by atomic mass is 35.5. The molecule has 1 amide bonds. The molecule has 2 aliphatic rings. The van der Waals surface area contributed by atoms with Crippen LogP contribution in [0.5, 0.6) is 5.75 Å². The van der Waals surface area contributed by atoms with E-state index in [9.17, 15) is 9.90 Å². The maximum absolute atomic E-state index is 12.2. The molecule has 1 aromatic rings. The van der Waals surface area contributed by atoms with Crippen LogP contribution in [0.3, 0.4) is 0 Å². The van der Waals surface area contributed by atoms with Crippen molar-refractivity contribution in [1.82, 2.24) is 15.5 Å². The average molecular weight is 368 g/mol. The predicted molar refractivity (Wildman–Crippen MR) is 97.0 cm³/mol. The molecule has 2 heterocycles. The van der Waals surface area contributed by atoms with Crippen LogP contribution in [0.15, 0.2) is 24.3 Å². The Labute approximate surface area is 153 Å². The van der Waals surface area contributed by atoms with Crippen LogP contribution in [0.1, 0.15) is 19.3 Å². The Hall–Kier alpha value is -1.34. The van der Waals surface area contributed by atoms with Gasteiger partial charge in [-0.25, -0.2) is 0 Å². The monoisotopic (exact) mass is 367 g/mol. The van der Waals surface area contributed by atoms with Crippen LogP contribution in [0.25, 0.3) is 0 Å². The topological polar surface area (TPSA) is 73.8 Å². The van der Waals surface area contributed by atoms with Crippen molar-refractivity contribution in [1.29, 1.82) is 0 Å². The number of hydrogen-bond donors (Lipinski definition) is 3. The van der Waals surface area contributed by atoms with Gasteiger partial charge in [0.1, 0.15) is 12.4 Å². The van der Waals surface area contributed by atoms with Crippen molar-refractivity contribution in [2.24, 2.45) is 0 Å². The molecule has 1 aromatic carbocycles. The number of nitrogens with one attached hydrogen (secondary N) is 2. The van der Waals surface area contributed by atoms with Crippen molar-refractivity contribution in [3.63, 3.8) is 0 Å². The van der Waals surface area contributed by atoms with Crippen molar-refractivity contribution >= 4 is 17.5 Å². The first kappa shape index (κ1) is 18.5. The summed E-state index contributed by atoms with van der Waals surface area (Å²) in [6.07, 6.45) is 2.00. The predicted octanol–water partition coefficient (Wildman–Crippen LogP) is 1.02. The second kappa shape index (κ2) is 8.85. The van der Waals surface area contributed by atoms with E-state index in [1.807, 2.05) is 24.3 Å². The number of ether oxygens (including phenoxy) is 1. The Morgan fingerprint density at radius 3 is 2.68 bits per heavy atom. The molecule has 0 bridgehead atoms. The van der Waals surface area contributed by atoms with Gasteiger partial charge in [0.15, 0.2) is 0 Å². The molecule has 7 heteroatoms. The zero-order valence-electron chi connectivity index (χ0n) is 14.3. The number of rotatable bonds is 6. The van der Waals surface area contributed by atoms with Gasteiger partial charge in [-0.3, -0.25) is 9.69 Å². The van der Waals surface area contributed by atoms with Crippen molar-refractivity contribution in [2.45, 2.75) is 37.5 Å². The van der Waals surface area contributed by atoms with E-state index < -0.39 is 6.10 Å². The van der Waals surface area contributed by atoms with E-state index in [0.29, 0.717) is 24.6 Å². The number of likely N-dealkylation sites (tertiary alicyclic amines) is 1. The third-order valence-electron chi connectivity index (χ3n) is 4.85. The van der Waals surface area contributed by atoms with E-state index in [-0.39, 0.29) is 18.0 Å². The second-order valence-electron chi connectivity index (χ2n) is 6.78. The lowest BCUT2D eigenvalue weighted by Gasteiger charge is -2.32. The summed E-state index contributed by atoms with van der Waals surface area (Å²) in [4.78, 5) is 14.5. The smallest absolute Gasteiger partial charge is 0.237 e. The Kier molecular flexibility index (Phi) is 6.53. The average Bonchev–Trinajstić information content (AvgIpc) is 3.05. The highest BCUT2D eigenvalue weighted by Gasteiger charge is 2.30. The maximum Gasteiger partial charge on any atom is 0.237 e. The molecular weight excluding hydrogens is 342 g/mol. The molecule has 2 atom stereocenters. The van der Waals surface area contributed by atoms with Crippen LogP contribution in [0.2, 0.25) is 5.02 Å². The molecule has 0 unspecified atom stereocenters. The zero-order valence-corrected chi connectivity index (χ0v) is 15.0. The minimum Gasteiger partial charge on any atom is -0.492 e. The van der Waals surface area contributed by atoms with E-state index >= 15 is 0 Å². The lowest BCUT2D eigenvalue weighted by atomic mass is 10.0. The molecule has 0 spiro atoms. The fraction of sp³-hybridized carbons (Fsp3) is 0.611. The molecule has 0 radical (unpaired) electrons. The fourth-order valence-corrected chi connectivity index (χ4v) is 3.47. The van der Waals surface area contributed by atoms with Gasteiger partial charge in [-0.2, -0.15) is 0 Å². The molecule has 138 valence electrons. The minimum atomic E-state index is -0.404. The molecule has 3 N–H and O–H groups in total. The van der Waals surface area contributed by atoms with Crippen LogP contribution in [-0.4, -0.2) is 66.9 Å². The Morgan fingerprint density at radius 2 is 2.04 bits per heavy atom. The number of carbonyl (C=O) groups excluding carboxylic acids is 1. The Balaban J connectivity index is 1.32. The molecule has 2 aliphatic heterocycles. The molecule has 0 aliphatic carbocycles. The fourth-order valence-electron chi connectivity index (χ4n) is 3.34. The van der Waals surface area contributed by atoms with Gasteiger partial charge in [0, 0.05) is 37.2 Å². The molecule has 3 rings (SSSR count). The highest BCUT2D eigenvalue weighted by molar-refractivity contribution is 6.30. The number of β-amino-alcohol motifs (C(OH)–C–C–N with tert-alkyl or cyclic N) is 1. The van der Waals surface area contributed by atoms with Crippen LogP contribution in [0.4, 0.5) is 0 Å². The molecular formula is C18H26ClN3O3. The highest BCUT2D eigenvalue weighted by Crippen LogP contribution is 2.16. The molecule has 0 aromatic heterocycles. The summed E-state index contributed by atoms with van der Waals surface area (Å²) in [5.41, 5.74) is 0. The first-order valence-electron chi connectivity index (χ1n) is 8.92. The van der Waals surface area contributed by atoms with E-state index in [1.54, 1.807) is 0 Å². The number of aliphatic hydroxyl groups is 1. The summed E-state index contributed by atoms with van der Waals surface area (Å²) in [5, 5.41) is 16.4. The largest absolute Gasteiger partial charge is 0.492 e. The van der Waals surface area contributed by atoms with Crippen molar-refractivity contribution in [3.8, 4) is 5.75 Å². The summed E-state index contributed by atoms with van der Waals surface area (Å²) in [7, 11) is 0. The van der Waals surface area contributed by atoms with Gasteiger partial charge >= 0.3 is 0 Å². The zero-order chi connectivity index (χ0) is 17.6. The minimum absolute atomic E-state index is 0.0149. The molecule has 6 nitrogen and oxygen atoms in total. The standard InChI is InChI=1S/C18H26ClN3O3/c19-13-1-3-16(4-2-13)25-10-9-22-7-5-14(6-8-22)21-18(24)17-11-15(23)12-20-17/h1-4,14-15,17,20,23H,5-12H2,(H,21,24)/t15-,17-/m1/s1. The summed E-state index contributed by atoms with van der Waals surface area (Å²) in [5.74, 6) is 0.846. The van der Waals surface area contributed by atoms with Gasteiger partial charge in [-0.15, -0.1) is 0 Å². The number of nitrogens with zero attached hydrogens (tertiary/aromatic N) is 1. The number of aliphatic hydroxyl groups excluding tert-OH is 1. The number of benzene rings is 1.